The van der Waals surface area contributed by atoms with Crippen LogP contribution in [-0.2, 0) is 6.54 Å². The highest BCUT2D eigenvalue weighted by molar-refractivity contribution is 7.07. The summed E-state index contributed by atoms with van der Waals surface area (Å²) >= 11 is 1.71. The molecule has 2 rings (SSSR count). The van der Waals surface area contributed by atoms with E-state index >= 15 is 0 Å². The Kier molecular flexibility index (Phi) is 4.47. The van der Waals surface area contributed by atoms with Gasteiger partial charge in [-0.15, -0.1) is 0 Å². The average molecular weight is 263 g/mol. The summed E-state index contributed by atoms with van der Waals surface area (Å²) in [4.78, 5) is 0. The first-order valence-electron chi connectivity index (χ1n) is 5.89. The summed E-state index contributed by atoms with van der Waals surface area (Å²) < 4.78 is 10.8. The zero-order valence-electron chi connectivity index (χ0n) is 10.6. The molecule has 0 saturated carbocycles. The predicted molar refractivity (Wildman–Crippen MR) is 75.8 cm³/mol. The molecule has 0 aliphatic carbocycles. The minimum absolute atomic E-state index is 0.637. The van der Waals surface area contributed by atoms with Crippen molar-refractivity contribution >= 4 is 17.0 Å². The Bertz CT molecular complexity index is 483. The van der Waals surface area contributed by atoms with Crippen molar-refractivity contribution in [3.8, 4) is 11.5 Å². The van der Waals surface area contributed by atoms with Gasteiger partial charge in [-0.1, -0.05) is 0 Å². The molecule has 4 heteroatoms. The van der Waals surface area contributed by atoms with E-state index in [0.717, 1.165) is 23.7 Å². The first kappa shape index (κ1) is 12.8. The second kappa shape index (κ2) is 6.31. The maximum absolute atomic E-state index is 5.48. The van der Waals surface area contributed by atoms with Crippen molar-refractivity contribution in [1.29, 1.82) is 0 Å². The third-order valence-corrected chi connectivity index (χ3v) is 3.27. The van der Waals surface area contributed by atoms with Gasteiger partial charge in [0.25, 0.3) is 0 Å². The number of anilines is 1. The van der Waals surface area contributed by atoms with Gasteiger partial charge in [0.1, 0.15) is 0 Å². The molecule has 1 aromatic heterocycles. The zero-order valence-corrected chi connectivity index (χ0v) is 11.4. The Morgan fingerprint density at radius 3 is 2.78 bits per heavy atom. The van der Waals surface area contributed by atoms with E-state index in [-0.39, 0.29) is 0 Å². The standard InChI is InChI=1S/C14H17NO2S/c1-3-17-13-5-4-12(8-14(13)16-2)15-9-11-6-7-18-10-11/h4-8,10,15H,3,9H2,1-2H3. The topological polar surface area (TPSA) is 30.5 Å². The zero-order chi connectivity index (χ0) is 12.8. The highest BCUT2D eigenvalue weighted by Gasteiger charge is 2.05. The summed E-state index contributed by atoms with van der Waals surface area (Å²) in [7, 11) is 1.65. The van der Waals surface area contributed by atoms with Crippen molar-refractivity contribution < 1.29 is 9.47 Å². The number of nitrogens with one attached hydrogen (secondary N) is 1. The second-order valence-electron chi connectivity index (χ2n) is 3.78. The third-order valence-electron chi connectivity index (χ3n) is 2.54. The molecule has 0 radical (unpaired) electrons. The first-order valence-corrected chi connectivity index (χ1v) is 6.83. The monoisotopic (exact) mass is 263 g/mol. The Hall–Kier alpha value is -1.68. The summed E-state index contributed by atoms with van der Waals surface area (Å²) in [5, 5.41) is 7.58. The van der Waals surface area contributed by atoms with Crippen molar-refractivity contribution in [2.75, 3.05) is 19.0 Å². The lowest BCUT2D eigenvalue weighted by atomic mass is 10.2. The molecular formula is C14H17NO2S. The molecule has 96 valence electrons. The molecule has 1 N–H and O–H groups in total. The van der Waals surface area contributed by atoms with Crippen LogP contribution in [0.4, 0.5) is 5.69 Å². The first-order chi connectivity index (χ1) is 8.83. The van der Waals surface area contributed by atoms with Gasteiger partial charge in [-0.2, -0.15) is 11.3 Å². The molecule has 1 heterocycles. The number of thiophene rings is 1. The molecule has 1 aromatic carbocycles. The van der Waals surface area contributed by atoms with Crippen molar-refractivity contribution in [3.63, 3.8) is 0 Å². The summed E-state index contributed by atoms with van der Waals surface area (Å²) in [6.45, 7) is 3.42. The van der Waals surface area contributed by atoms with Crippen LogP contribution in [0.25, 0.3) is 0 Å². The van der Waals surface area contributed by atoms with E-state index in [1.165, 1.54) is 5.56 Å². The van der Waals surface area contributed by atoms with Gasteiger partial charge in [-0.25, -0.2) is 0 Å². The van der Waals surface area contributed by atoms with E-state index < -0.39 is 0 Å². The fraction of sp³-hybridized carbons (Fsp3) is 0.286. The van der Waals surface area contributed by atoms with Gasteiger partial charge in [0.05, 0.1) is 13.7 Å². The van der Waals surface area contributed by atoms with Crippen LogP contribution in [-0.4, -0.2) is 13.7 Å². The number of ether oxygens (including phenoxy) is 2. The van der Waals surface area contributed by atoms with Gasteiger partial charge in [-0.05, 0) is 41.4 Å². The molecule has 0 saturated heterocycles. The molecule has 0 bridgehead atoms. The molecule has 0 aliphatic rings. The fourth-order valence-corrected chi connectivity index (χ4v) is 2.32. The molecule has 0 amide bonds. The number of methoxy groups -OCH3 is 1. The lowest BCUT2D eigenvalue weighted by Crippen LogP contribution is -2.00. The van der Waals surface area contributed by atoms with E-state index in [1.807, 2.05) is 25.1 Å². The van der Waals surface area contributed by atoms with Crippen LogP contribution >= 0.6 is 11.3 Å². The lowest BCUT2D eigenvalue weighted by Gasteiger charge is -2.12. The van der Waals surface area contributed by atoms with Gasteiger partial charge >= 0.3 is 0 Å². The van der Waals surface area contributed by atoms with E-state index in [9.17, 15) is 0 Å². The summed E-state index contributed by atoms with van der Waals surface area (Å²) in [6.07, 6.45) is 0. The molecular weight excluding hydrogens is 246 g/mol. The van der Waals surface area contributed by atoms with Gasteiger partial charge in [0, 0.05) is 18.3 Å². The van der Waals surface area contributed by atoms with E-state index in [2.05, 4.69) is 22.1 Å². The van der Waals surface area contributed by atoms with Crippen LogP contribution in [0, 0.1) is 0 Å². The minimum Gasteiger partial charge on any atom is -0.493 e. The van der Waals surface area contributed by atoms with E-state index in [1.54, 1.807) is 18.4 Å². The van der Waals surface area contributed by atoms with Crippen molar-refractivity contribution in [3.05, 3.63) is 40.6 Å². The van der Waals surface area contributed by atoms with E-state index in [4.69, 9.17) is 9.47 Å². The third kappa shape index (κ3) is 3.17. The molecule has 18 heavy (non-hydrogen) atoms. The number of hydrogen-bond donors (Lipinski definition) is 1. The molecule has 0 unspecified atom stereocenters. The van der Waals surface area contributed by atoms with Gasteiger partial charge in [0.2, 0.25) is 0 Å². The van der Waals surface area contributed by atoms with E-state index in [0.29, 0.717) is 6.61 Å². The lowest BCUT2D eigenvalue weighted by molar-refractivity contribution is 0.311. The van der Waals surface area contributed by atoms with Crippen LogP contribution in [0.5, 0.6) is 11.5 Å². The summed E-state index contributed by atoms with van der Waals surface area (Å²) in [5.74, 6) is 1.54. The molecule has 0 fully saturated rings. The van der Waals surface area contributed by atoms with Crippen molar-refractivity contribution in [2.45, 2.75) is 13.5 Å². The van der Waals surface area contributed by atoms with Crippen LogP contribution in [0.1, 0.15) is 12.5 Å². The Balaban J connectivity index is 2.05. The SMILES string of the molecule is CCOc1ccc(NCc2ccsc2)cc1OC. The highest BCUT2D eigenvalue weighted by Crippen LogP contribution is 2.30. The number of benzene rings is 1. The Labute approximate surface area is 111 Å². The largest absolute Gasteiger partial charge is 0.493 e. The maximum Gasteiger partial charge on any atom is 0.162 e. The smallest absolute Gasteiger partial charge is 0.162 e. The van der Waals surface area contributed by atoms with Crippen molar-refractivity contribution in [2.24, 2.45) is 0 Å². The molecule has 0 atom stereocenters. The molecule has 2 aromatic rings. The quantitative estimate of drug-likeness (QED) is 0.860. The van der Waals surface area contributed by atoms with Crippen LogP contribution < -0.4 is 14.8 Å². The van der Waals surface area contributed by atoms with Crippen molar-refractivity contribution in [1.82, 2.24) is 0 Å². The fourth-order valence-electron chi connectivity index (χ4n) is 1.65. The summed E-state index contributed by atoms with van der Waals surface area (Å²) in [5.41, 5.74) is 2.31. The normalized spacial score (nSPS) is 10.1. The number of rotatable bonds is 6. The maximum atomic E-state index is 5.48. The average Bonchev–Trinajstić information content (AvgIpc) is 2.91. The van der Waals surface area contributed by atoms with Gasteiger partial charge in [0.15, 0.2) is 11.5 Å². The predicted octanol–water partition coefficient (Wildman–Crippen LogP) is 3.77. The second-order valence-corrected chi connectivity index (χ2v) is 4.56. The summed E-state index contributed by atoms with van der Waals surface area (Å²) in [6, 6.07) is 8.00. The molecule has 0 spiro atoms. The molecule has 3 nitrogen and oxygen atoms in total. The van der Waals surface area contributed by atoms with Gasteiger partial charge in [-0.3, -0.25) is 0 Å². The molecule has 0 aliphatic heterocycles. The Morgan fingerprint density at radius 2 is 2.11 bits per heavy atom. The Morgan fingerprint density at radius 1 is 1.22 bits per heavy atom. The highest BCUT2D eigenvalue weighted by atomic mass is 32.1. The van der Waals surface area contributed by atoms with Crippen LogP contribution in [0.3, 0.4) is 0 Å². The van der Waals surface area contributed by atoms with Crippen LogP contribution in [0.15, 0.2) is 35.0 Å². The van der Waals surface area contributed by atoms with Gasteiger partial charge < -0.3 is 14.8 Å². The van der Waals surface area contributed by atoms with Crippen LogP contribution in [0.2, 0.25) is 0 Å². The number of hydrogen-bond acceptors (Lipinski definition) is 4. The minimum atomic E-state index is 0.637.